The summed E-state index contributed by atoms with van der Waals surface area (Å²) in [7, 11) is -2.89. The molecule has 2 amide bonds. The highest BCUT2D eigenvalue weighted by Gasteiger charge is 2.35. The van der Waals surface area contributed by atoms with Crippen LogP contribution in [0.2, 0.25) is 5.02 Å². The van der Waals surface area contributed by atoms with Crippen LogP contribution in [-0.2, 0) is 14.3 Å². The number of hydrogen-bond donors (Lipinski definition) is 4. The summed E-state index contributed by atoms with van der Waals surface area (Å²) in [6.07, 6.45) is 3.99. The van der Waals surface area contributed by atoms with Gasteiger partial charge in [0, 0.05) is 28.6 Å². The van der Waals surface area contributed by atoms with Gasteiger partial charge in [0.05, 0.1) is 11.2 Å². The molecule has 4 atom stereocenters. The molecule has 226 valence electrons. The number of nitrogens with zero attached hydrogens (tertiary/aromatic N) is 3. The van der Waals surface area contributed by atoms with Gasteiger partial charge in [0.15, 0.2) is 5.78 Å². The van der Waals surface area contributed by atoms with Crippen molar-refractivity contribution in [3.63, 3.8) is 0 Å². The van der Waals surface area contributed by atoms with Crippen LogP contribution in [0.25, 0.3) is 10.9 Å². The molecule has 11 nitrogen and oxygen atoms in total. The van der Waals surface area contributed by atoms with Gasteiger partial charge < -0.3 is 29.8 Å². The quantitative estimate of drug-likeness (QED) is 0.236. The molecular weight excluding hydrogens is 571 g/mol. The molecule has 1 aromatic heterocycles. The van der Waals surface area contributed by atoms with Gasteiger partial charge >= 0.3 is 12.1 Å². The smallest absolute Gasteiger partial charge is 0.414 e. The molecule has 1 fully saturated rings. The van der Waals surface area contributed by atoms with Crippen LogP contribution in [0.4, 0.5) is 10.5 Å². The number of nitrogens with one attached hydrogen (secondary N) is 1. The van der Waals surface area contributed by atoms with Crippen molar-refractivity contribution in [2.45, 2.75) is 77.2 Å². The lowest BCUT2D eigenvalue weighted by Crippen LogP contribution is -2.45. The number of carboxylic acid groups (broad SMARTS) is 1. The average molecular weight is 611 g/mol. The molecule has 0 aliphatic heterocycles. The van der Waals surface area contributed by atoms with Gasteiger partial charge in [-0.1, -0.05) is 25.4 Å². The van der Waals surface area contributed by atoms with Gasteiger partial charge in [0.2, 0.25) is 14.3 Å². The number of hydrogen-bond acceptors (Lipinski definition) is 8. The first-order valence-corrected chi connectivity index (χ1v) is 15.7. The minimum Gasteiger partial charge on any atom is -0.479 e. The van der Waals surface area contributed by atoms with Gasteiger partial charge in [-0.2, -0.15) is 0 Å². The molecule has 4 N–H and O–H groups in total. The van der Waals surface area contributed by atoms with Gasteiger partial charge in [0.1, 0.15) is 6.10 Å². The molecule has 41 heavy (non-hydrogen) atoms. The van der Waals surface area contributed by atoms with Crippen molar-refractivity contribution >= 4 is 54.5 Å². The summed E-state index contributed by atoms with van der Waals surface area (Å²) in [6.45, 7) is 9.04. The summed E-state index contributed by atoms with van der Waals surface area (Å²) in [5.41, 5.74) is 1.30. The molecule has 4 unspecified atom stereocenters. The van der Waals surface area contributed by atoms with Crippen molar-refractivity contribution in [3.05, 3.63) is 35.5 Å². The molecule has 1 heterocycles. The lowest BCUT2D eigenvalue weighted by Gasteiger charge is -2.34. The van der Waals surface area contributed by atoms with Crippen LogP contribution in [-0.4, -0.2) is 80.3 Å². The summed E-state index contributed by atoms with van der Waals surface area (Å²) < 4.78 is 5.99. The largest absolute Gasteiger partial charge is 0.479 e. The van der Waals surface area contributed by atoms with Crippen LogP contribution in [0.5, 0.6) is 0 Å². The minimum absolute atomic E-state index is 0.202. The number of anilines is 1. The van der Waals surface area contributed by atoms with E-state index in [9.17, 15) is 29.3 Å². The molecule has 3 rings (SSSR count). The number of rotatable bonds is 13. The molecule has 1 aromatic carbocycles. The van der Waals surface area contributed by atoms with Crippen molar-refractivity contribution in [2.24, 2.45) is 5.92 Å². The Morgan fingerprint density at radius 2 is 1.93 bits per heavy atom. The molecule has 13 heteroatoms. The highest BCUT2D eigenvalue weighted by molar-refractivity contribution is 7.47. The van der Waals surface area contributed by atoms with Crippen LogP contribution in [0.1, 0.15) is 59.3 Å². The molecule has 0 radical (unpaired) electrons. The second kappa shape index (κ2) is 15.6. The van der Waals surface area contributed by atoms with Crippen molar-refractivity contribution in [1.82, 2.24) is 15.2 Å². The molecule has 2 aromatic rings. The fourth-order valence-corrected chi connectivity index (χ4v) is 5.88. The van der Waals surface area contributed by atoms with E-state index in [-0.39, 0.29) is 12.5 Å². The number of ether oxygens (including phenoxy) is 1. The topological polar surface area (TPSA) is 153 Å². The Morgan fingerprint density at radius 3 is 2.59 bits per heavy atom. The third-order valence-electron chi connectivity index (χ3n) is 7.58. The zero-order valence-electron chi connectivity index (χ0n) is 23.7. The van der Waals surface area contributed by atoms with Gasteiger partial charge in [-0.3, -0.25) is 14.7 Å². The first-order chi connectivity index (χ1) is 19.5. The molecule has 0 spiro atoms. The first kappa shape index (κ1) is 32.9. The van der Waals surface area contributed by atoms with E-state index in [0.717, 1.165) is 37.9 Å². The predicted molar refractivity (Wildman–Crippen MR) is 159 cm³/mol. The zero-order chi connectivity index (χ0) is 30.1. The van der Waals surface area contributed by atoms with Crippen LogP contribution in [0.3, 0.4) is 0 Å². The Bertz CT molecular complexity index is 1200. The lowest BCUT2D eigenvalue weighted by atomic mass is 9.86. The molecule has 1 aliphatic rings. The Hall–Kier alpha value is -2.56. The lowest BCUT2D eigenvalue weighted by molar-refractivity contribution is -0.140. The summed E-state index contributed by atoms with van der Waals surface area (Å²) >= 11 is 6.19. The number of carbonyl (C=O) groups excluding carboxylic acids is 2. The van der Waals surface area contributed by atoms with Crippen LogP contribution in [0.15, 0.2) is 30.5 Å². The van der Waals surface area contributed by atoms with Crippen molar-refractivity contribution in [3.8, 4) is 0 Å². The number of pyridine rings is 1. The summed E-state index contributed by atoms with van der Waals surface area (Å²) in [4.78, 5) is 65.0. The van der Waals surface area contributed by atoms with Crippen LogP contribution < -0.4 is 10.2 Å². The normalized spacial score (nSPS) is 18.7. The van der Waals surface area contributed by atoms with Gasteiger partial charge in [-0.25, -0.2) is 9.59 Å². The summed E-state index contributed by atoms with van der Waals surface area (Å²) in [5, 5.41) is 12.7. The third-order valence-corrected chi connectivity index (χ3v) is 8.62. The van der Waals surface area contributed by atoms with E-state index in [4.69, 9.17) is 16.3 Å². The van der Waals surface area contributed by atoms with E-state index in [1.165, 1.54) is 0 Å². The fourth-order valence-electron chi connectivity index (χ4n) is 5.27. The minimum atomic E-state index is -2.89. The molecular formula is C28H40ClN4O7P. The predicted octanol–water partition coefficient (Wildman–Crippen LogP) is 4.72. The molecule has 0 bridgehead atoms. The Labute approximate surface area is 246 Å². The highest BCUT2D eigenvalue weighted by Crippen LogP contribution is 2.34. The number of halogens is 1. The molecule has 1 saturated carbocycles. The number of amides is 2. The van der Waals surface area contributed by atoms with Crippen molar-refractivity contribution < 1.29 is 34.0 Å². The van der Waals surface area contributed by atoms with Gasteiger partial charge in [-0.15, -0.1) is 0 Å². The van der Waals surface area contributed by atoms with Crippen LogP contribution in [0, 0.1) is 5.92 Å². The Kier molecular flexibility index (Phi) is 12.5. The molecule has 0 saturated heterocycles. The number of fused-ring (bicyclic) bond motifs is 1. The van der Waals surface area contributed by atoms with Gasteiger partial charge in [0.25, 0.3) is 0 Å². The SMILES string of the molecule is CCN(CC)CCCC(C)N(C(=O)OC1CCCC(C(=O)NC(C(=O)O)P(O)O)C1)c1ccnc2cc(Cl)ccc12. The average Bonchev–Trinajstić information content (AvgIpc) is 2.93. The van der Waals surface area contributed by atoms with E-state index >= 15 is 0 Å². The van der Waals surface area contributed by atoms with Crippen molar-refractivity contribution in [2.75, 3.05) is 24.5 Å². The number of aliphatic carboxylic acids is 1. The maximum absolute atomic E-state index is 13.8. The third kappa shape index (κ3) is 8.96. The van der Waals surface area contributed by atoms with E-state index < -0.39 is 44.1 Å². The number of benzene rings is 1. The van der Waals surface area contributed by atoms with Crippen LogP contribution >= 0.6 is 20.0 Å². The maximum atomic E-state index is 13.8. The second-order valence-corrected chi connectivity index (χ2v) is 11.9. The van der Waals surface area contributed by atoms with E-state index in [2.05, 4.69) is 29.0 Å². The number of carboxylic acids is 1. The standard InChI is InChI=1S/C28H40ClN4O7P/c1-4-32(5-2)15-7-8-18(3)33(24-13-14-30-23-17-20(29)11-12-22(23)24)28(37)40-21-10-6-9-19(16-21)25(34)31-26(27(35)36)41(38)39/h11-14,17-19,21,26,38-39H,4-10,15-16H2,1-3H3,(H,31,34)(H,35,36). The highest BCUT2D eigenvalue weighted by atomic mass is 35.5. The summed E-state index contributed by atoms with van der Waals surface area (Å²) in [5.74, 6) is -4.53. The fraction of sp³-hybridized carbons (Fsp3) is 0.571. The summed E-state index contributed by atoms with van der Waals surface area (Å²) in [6, 6.07) is 6.91. The zero-order valence-corrected chi connectivity index (χ0v) is 25.4. The first-order valence-electron chi connectivity index (χ1n) is 14.0. The number of aromatic nitrogens is 1. The maximum Gasteiger partial charge on any atom is 0.414 e. The molecule has 1 aliphatic carbocycles. The van der Waals surface area contributed by atoms with Crippen molar-refractivity contribution in [1.29, 1.82) is 0 Å². The van der Waals surface area contributed by atoms with E-state index in [1.54, 1.807) is 29.3 Å². The Balaban J connectivity index is 1.79. The van der Waals surface area contributed by atoms with E-state index in [0.29, 0.717) is 35.5 Å². The number of carbonyl (C=O) groups is 3. The van der Waals surface area contributed by atoms with E-state index in [1.807, 2.05) is 13.0 Å². The monoisotopic (exact) mass is 610 g/mol. The van der Waals surface area contributed by atoms with Gasteiger partial charge in [-0.05, 0) is 89.3 Å². The second-order valence-electron chi connectivity index (χ2n) is 10.3. The Morgan fingerprint density at radius 1 is 1.20 bits per heavy atom.